The Bertz CT molecular complexity index is 782. The molecule has 0 saturated carbocycles. The number of hydrogen-bond donors (Lipinski definition) is 1. The summed E-state index contributed by atoms with van der Waals surface area (Å²) in [4.78, 5) is 27.2. The smallest absolute Gasteiger partial charge is 0.242 e. The van der Waals surface area contributed by atoms with Gasteiger partial charge in [0.15, 0.2) is 0 Å². The van der Waals surface area contributed by atoms with Gasteiger partial charge >= 0.3 is 0 Å². The molecule has 0 aliphatic carbocycles. The van der Waals surface area contributed by atoms with E-state index < -0.39 is 6.04 Å². The summed E-state index contributed by atoms with van der Waals surface area (Å²) < 4.78 is 13.1. The van der Waals surface area contributed by atoms with Crippen molar-refractivity contribution in [3.05, 3.63) is 71.5 Å². The molecule has 0 aliphatic heterocycles. The van der Waals surface area contributed by atoms with Crippen LogP contribution in [0.5, 0.6) is 0 Å². The molecule has 5 heteroatoms. The van der Waals surface area contributed by atoms with Crippen LogP contribution < -0.4 is 5.32 Å². The van der Waals surface area contributed by atoms with Crippen molar-refractivity contribution in [2.45, 2.75) is 52.1 Å². The highest BCUT2D eigenvalue weighted by atomic mass is 19.1. The van der Waals surface area contributed by atoms with Gasteiger partial charge in [0.25, 0.3) is 0 Å². The van der Waals surface area contributed by atoms with Crippen molar-refractivity contribution < 1.29 is 14.0 Å². The lowest BCUT2D eigenvalue weighted by atomic mass is 10.1. The quantitative estimate of drug-likeness (QED) is 0.791. The summed E-state index contributed by atoms with van der Waals surface area (Å²) in [6, 6.07) is 15.1. The zero-order valence-electron chi connectivity index (χ0n) is 17.0. The first-order valence-corrected chi connectivity index (χ1v) is 9.55. The number of rotatable bonds is 7. The average molecular weight is 384 g/mol. The Labute approximate surface area is 166 Å². The first-order chi connectivity index (χ1) is 13.2. The largest absolute Gasteiger partial charge is 0.350 e. The van der Waals surface area contributed by atoms with Gasteiger partial charge in [-0.2, -0.15) is 0 Å². The van der Waals surface area contributed by atoms with Crippen LogP contribution in [0, 0.1) is 5.82 Å². The Balaban J connectivity index is 2.14. The summed E-state index contributed by atoms with van der Waals surface area (Å²) in [6.07, 6.45) is 0.783. The molecule has 4 nitrogen and oxygen atoms in total. The van der Waals surface area contributed by atoms with Crippen LogP contribution in [0.3, 0.4) is 0 Å². The van der Waals surface area contributed by atoms with E-state index in [2.05, 4.69) is 5.32 Å². The van der Waals surface area contributed by atoms with Crippen LogP contribution in [0.25, 0.3) is 0 Å². The van der Waals surface area contributed by atoms with Crippen molar-refractivity contribution in [1.82, 2.24) is 10.2 Å². The summed E-state index contributed by atoms with van der Waals surface area (Å²) in [5, 5.41) is 2.94. The van der Waals surface area contributed by atoms with Crippen LogP contribution in [0.1, 0.15) is 38.8 Å². The fraction of sp³-hybridized carbons (Fsp3) is 0.391. The summed E-state index contributed by atoms with van der Waals surface area (Å²) in [7, 11) is 0. The molecule has 0 aliphatic rings. The fourth-order valence-electron chi connectivity index (χ4n) is 2.92. The molecule has 2 rings (SSSR count). The summed E-state index contributed by atoms with van der Waals surface area (Å²) >= 11 is 0. The van der Waals surface area contributed by atoms with Gasteiger partial charge in [0, 0.05) is 12.1 Å². The second-order valence-corrected chi connectivity index (χ2v) is 8.04. The number of halogens is 1. The van der Waals surface area contributed by atoms with Gasteiger partial charge in [0.1, 0.15) is 11.9 Å². The first-order valence-electron chi connectivity index (χ1n) is 9.55. The number of hydrogen-bond acceptors (Lipinski definition) is 2. The lowest BCUT2D eigenvalue weighted by molar-refractivity contribution is -0.140. The SMILES string of the molecule is CC(C(=O)NC(C)(C)C)N(CCc1ccccc1)C(=O)Cc1ccc(F)cc1. The minimum atomic E-state index is -0.601. The van der Waals surface area contributed by atoms with Gasteiger partial charge in [-0.3, -0.25) is 9.59 Å². The molecule has 1 unspecified atom stereocenters. The number of amides is 2. The van der Waals surface area contributed by atoms with Crippen LogP contribution in [0.15, 0.2) is 54.6 Å². The molecule has 150 valence electrons. The molecule has 0 spiro atoms. The van der Waals surface area contributed by atoms with E-state index in [1.54, 1.807) is 24.0 Å². The predicted octanol–water partition coefficient (Wildman–Crippen LogP) is 3.74. The Morgan fingerprint density at radius 3 is 2.18 bits per heavy atom. The molecule has 2 aromatic carbocycles. The third-order valence-electron chi connectivity index (χ3n) is 4.42. The Hall–Kier alpha value is -2.69. The summed E-state index contributed by atoms with van der Waals surface area (Å²) in [5.74, 6) is -0.679. The van der Waals surface area contributed by atoms with Crippen molar-refractivity contribution in [2.75, 3.05) is 6.54 Å². The standard InChI is InChI=1S/C23H29FN2O2/c1-17(22(28)25-23(2,3)4)26(15-14-18-8-6-5-7-9-18)21(27)16-19-10-12-20(24)13-11-19/h5-13,17H,14-16H2,1-4H3,(H,25,28). The summed E-state index contributed by atoms with van der Waals surface area (Å²) in [6.45, 7) is 7.90. The second kappa shape index (κ2) is 9.49. The molecule has 1 N–H and O–H groups in total. The predicted molar refractivity (Wildman–Crippen MR) is 109 cm³/mol. The van der Waals surface area contributed by atoms with Crippen molar-refractivity contribution in [1.29, 1.82) is 0 Å². The number of nitrogens with zero attached hydrogens (tertiary/aromatic N) is 1. The highest BCUT2D eigenvalue weighted by molar-refractivity contribution is 5.88. The van der Waals surface area contributed by atoms with E-state index in [0.29, 0.717) is 13.0 Å². The highest BCUT2D eigenvalue weighted by Crippen LogP contribution is 2.12. The van der Waals surface area contributed by atoms with E-state index in [1.165, 1.54) is 12.1 Å². The molecule has 1 atom stereocenters. The lowest BCUT2D eigenvalue weighted by Gasteiger charge is -2.31. The van der Waals surface area contributed by atoms with Crippen LogP contribution in [-0.2, 0) is 22.4 Å². The second-order valence-electron chi connectivity index (χ2n) is 8.04. The maximum absolute atomic E-state index is 13.1. The van der Waals surface area contributed by atoms with Crippen LogP contribution in [0.4, 0.5) is 4.39 Å². The molecule has 0 saturated heterocycles. The van der Waals surface area contributed by atoms with E-state index in [0.717, 1.165) is 11.1 Å². The van der Waals surface area contributed by atoms with Gasteiger partial charge in [0.05, 0.1) is 6.42 Å². The molecule has 2 aromatic rings. The maximum Gasteiger partial charge on any atom is 0.242 e. The van der Waals surface area contributed by atoms with E-state index >= 15 is 0 Å². The van der Waals surface area contributed by atoms with Crippen molar-refractivity contribution in [2.24, 2.45) is 0 Å². The minimum Gasteiger partial charge on any atom is -0.350 e. The molecule has 2 amide bonds. The van der Waals surface area contributed by atoms with Gasteiger partial charge in [-0.15, -0.1) is 0 Å². The first kappa shape index (κ1) is 21.6. The van der Waals surface area contributed by atoms with Crippen LogP contribution in [-0.4, -0.2) is 34.8 Å². The van der Waals surface area contributed by atoms with Gasteiger partial charge in [-0.05, 0) is 57.4 Å². The molecule has 0 fully saturated rings. The third-order valence-corrected chi connectivity index (χ3v) is 4.42. The molecule has 0 radical (unpaired) electrons. The minimum absolute atomic E-state index is 0.127. The van der Waals surface area contributed by atoms with Crippen LogP contribution in [0.2, 0.25) is 0 Å². The number of nitrogens with one attached hydrogen (secondary N) is 1. The lowest BCUT2D eigenvalue weighted by Crippen LogP contribution is -2.53. The van der Waals surface area contributed by atoms with Crippen molar-refractivity contribution in [3.8, 4) is 0 Å². The molecule has 0 bridgehead atoms. The number of benzene rings is 2. The number of carbonyl (C=O) groups is 2. The van der Waals surface area contributed by atoms with Gasteiger partial charge < -0.3 is 10.2 Å². The van der Waals surface area contributed by atoms with Gasteiger partial charge in [0.2, 0.25) is 11.8 Å². The monoisotopic (exact) mass is 384 g/mol. The molecular formula is C23H29FN2O2. The third kappa shape index (κ3) is 6.80. The normalized spacial score (nSPS) is 12.3. The van der Waals surface area contributed by atoms with E-state index in [4.69, 9.17) is 0 Å². The van der Waals surface area contributed by atoms with Crippen LogP contribution >= 0.6 is 0 Å². The van der Waals surface area contributed by atoms with Gasteiger partial charge in [-0.1, -0.05) is 42.5 Å². The summed E-state index contributed by atoms with van der Waals surface area (Å²) in [5.41, 5.74) is 1.45. The van der Waals surface area contributed by atoms with E-state index in [9.17, 15) is 14.0 Å². The number of carbonyl (C=O) groups excluding carboxylic acids is 2. The topological polar surface area (TPSA) is 49.4 Å². The zero-order valence-corrected chi connectivity index (χ0v) is 17.0. The zero-order chi connectivity index (χ0) is 20.7. The maximum atomic E-state index is 13.1. The molecular weight excluding hydrogens is 355 g/mol. The van der Waals surface area contributed by atoms with Gasteiger partial charge in [-0.25, -0.2) is 4.39 Å². The van der Waals surface area contributed by atoms with E-state index in [1.807, 2.05) is 51.1 Å². The highest BCUT2D eigenvalue weighted by Gasteiger charge is 2.28. The Morgan fingerprint density at radius 1 is 1.00 bits per heavy atom. The molecule has 28 heavy (non-hydrogen) atoms. The Morgan fingerprint density at radius 2 is 1.61 bits per heavy atom. The average Bonchev–Trinajstić information content (AvgIpc) is 2.63. The fourth-order valence-corrected chi connectivity index (χ4v) is 2.92. The van der Waals surface area contributed by atoms with Crippen molar-refractivity contribution in [3.63, 3.8) is 0 Å². The molecule has 0 heterocycles. The van der Waals surface area contributed by atoms with Crippen molar-refractivity contribution >= 4 is 11.8 Å². The van der Waals surface area contributed by atoms with E-state index in [-0.39, 0.29) is 29.6 Å². The Kier molecular flexibility index (Phi) is 7.32. The molecule has 0 aromatic heterocycles.